The third-order valence-corrected chi connectivity index (χ3v) is 5.87. The van der Waals surface area contributed by atoms with Crippen molar-refractivity contribution in [1.29, 1.82) is 0 Å². The number of hydrogen-bond donors (Lipinski definition) is 1. The van der Waals surface area contributed by atoms with Crippen LogP contribution in [0.4, 0.5) is 18.9 Å². The van der Waals surface area contributed by atoms with Gasteiger partial charge in [0.1, 0.15) is 12.0 Å². The number of carbonyl (C=O) groups excluding carboxylic acids is 1. The normalized spacial score (nSPS) is 12.2. The second-order valence-electron chi connectivity index (χ2n) is 8.06. The van der Waals surface area contributed by atoms with E-state index in [1.54, 1.807) is 48.5 Å². The molecule has 198 valence electrons. The summed E-state index contributed by atoms with van der Waals surface area (Å²) in [5, 5.41) is 6.28. The van der Waals surface area contributed by atoms with Crippen molar-refractivity contribution in [3.63, 3.8) is 0 Å². The minimum Gasteiger partial charge on any atom is -0.460 e. The van der Waals surface area contributed by atoms with Crippen LogP contribution in [0.5, 0.6) is 6.01 Å². The highest BCUT2D eigenvalue weighted by Gasteiger charge is 2.30. The largest absolute Gasteiger partial charge is 0.460 e. The van der Waals surface area contributed by atoms with Gasteiger partial charge in [0.15, 0.2) is 5.82 Å². The number of amides is 1. The Morgan fingerprint density at radius 3 is 2.32 bits per heavy atom. The fourth-order valence-corrected chi connectivity index (χ4v) is 3.73. The second kappa shape index (κ2) is 12.1. The average molecular weight is 545 g/mol. The van der Waals surface area contributed by atoms with Crippen molar-refractivity contribution in [2.45, 2.75) is 18.5 Å². The number of ether oxygens (including phenoxy) is 2. The van der Waals surface area contributed by atoms with Crippen molar-refractivity contribution in [3.05, 3.63) is 90.0 Å². The van der Waals surface area contributed by atoms with E-state index in [0.717, 1.165) is 12.1 Å². The molecule has 0 spiro atoms. The fourth-order valence-electron chi connectivity index (χ4n) is 3.53. The van der Waals surface area contributed by atoms with Crippen molar-refractivity contribution >= 4 is 23.2 Å². The number of nitrogens with one attached hydrogen (secondary N) is 1. The monoisotopic (exact) mass is 544 g/mol. The predicted molar refractivity (Wildman–Crippen MR) is 137 cm³/mol. The molecule has 1 N–H and O–H groups in total. The highest BCUT2D eigenvalue weighted by Crippen LogP contribution is 2.32. The summed E-state index contributed by atoms with van der Waals surface area (Å²) in [6.07, 6.45) is -4.46. The number of aromatic nitrogens is 3. The first-order valence-electron chi connectivity index (χ1n) is 11.7. The Morgan fingerprint density at radius 2 is 1.68 bits per heavy atom. The lowest BCUT2D eigenvalue weighted by atomic mass is 10.1. The molecular formula is C27H24ClF3N4O3. The molecule has 3 aromatic carbocycles. The first kappa shape index (κ1) is 27.2. The smallest absolute Gasteiger partial charge is 0.416 e. The van der Waals surface area contributed by atoms with E-state index in [0.29, 0.717) is 35.7 Å². The highest BCUT2D eigenvalue weighted by atomic mass is 35.5. The average Bonchev–Trinajstić information content (AvgIpc) is 3.35. The van der Waals surface area contributed by atoms with Gasteiger partial charge in [-0.05, 0) is 48.9 Å². The molecule has 38 heavy (non-hydrogen) atoms. The summed E-state index contributed by atoms with van der Waals surface area (Å²) in [7, 11) is 0. The van der Waals surface area contributed by atoms with Crippen LogP contribution in [-0.2, 0) is 15.7 Å². The third-order valence-electron chi connectivity index (χ3n) is 5.42. The van der Waals surface area contributed by atoms with Crippen LogP contribution in [0.3, 0.4) is 0 Å². The molecule has 1 aromatic heterocycles. The molecule has 0 bridgehead atoms. The molecule has 0 saturated carbocycles. The maximum Gasteiger partial charge on any atom is 0.416 e. The van der Waals surface area contributed by atoms with Crippen molar-refractivity contribution < 1.29 is 27.4 Å². The van der Waals surface area contributed by atoms with Crippen LogP contribution < -0.4 is 10.1 Å². The van der Waals surface area contributed by atoms with Gasteiger partial charge >= 0.3 is 12.2 Å². The molecule has 4 rings (SSSR count). The first-order chi connectivity index (χ1) is 18.3. The minimum atomic E-state index is -4.46. The number of anilines is 1. The maximum atomic E-state index is 13.0. The maximum absolute atomic E-state index is 13.0. The van der Waals surface area contributed by atoms with Gasteiger partial charge in [-0.1, -0.05) is 42.5 Å². The molecule has 0 aliphatic carbocycles. The Labute approximate surface area is 222 Å². The number of carbonyl (C=O) groups is 1. The Bertz CT molecular complexity index is 1350. The zero-order valence-corrected chi connectivity index (χ0v) is 21.0. The van der Waals surface area contributed by atoms with E-state index in [9.17, 15) is 18.0 Å². The summed E-state index contributed by atoms with van der Waals surface area (Å²) in [4.78, 5) is 17.0. The van der Waals surface area contributed by atoms with Gasteiger partial charge in [0.05, 0.1) is 17.9 Å². The Morgan fingerprint density at radius 1 is 1.00 bits per heavy atom. The number of benzene rings is 3. The first-order valence-corrected chi connectivity index (χ1v) is 12.2. The topological polar surface area (TPSA) is 78.3 Å². The van der Waals surface area contributed by atoms with Crippen LogP contribution in [0, 0.1) is 0 Å². The lowest BCUT2D eigenvalue weighted by molar-refractivity contribution is -0.137. The molecule has 4 aromatic rings. The summed E-state index contributed by atoms with van der Waals surface area (Å²) in [5.41, 5.74) is 1.37. The van der Waals surface area contributed by atoms with Crippen molar-refractivity contribution in [2.75, 3.05) is 25.1 Å². The number of hydrogen-bond acceptors (Lipinski definition) is 5. The zero-order valence-electron chi connectivity index (χ0n) is 20.3. The number of alkyl halides is 4. The molecule has 1 atom stereocenters. The van der Waals surface area contributed by atoms with Gasteiger partial charge < -0.3 is 14.8 Å². The van der Waals surface area contributed by atoms with Gasteiger partial charge in [-0.15, -0.1) is 16.7 Å². The van der Waals surface area contributed by atoms with Gasteiger partial charge in [-0.25, -0.2) is 4.68 Å². The van der Waals surface area contributed by atoms with Crippen molar-refractivity contribution in [1.82, 2.24) is 14.8 Å². The number of nitrogens with zero attached hydrogens (tertiary/aromatic N) is 3. The molecule has 1 unspecified atom stereocenters. The van der Waals surface area contributed by atoms with Crippen molar-refractivity contribution in [3.8, 4) is 23.1 Å². The zero-order chi connectivity index (χ0) is 27.1. The van der Waals surface area contributed by atoms with Gasteiger partial charge in [0.2, 0.25) is 5.91 Å². The molecular weight excluding hydrogens is 521 g/mol. The molecule has 1 heterocycles. The number of halogens is 4. The van der Waals surface area contributed by atoms with Crippen LogP contribution in [-0.4, -0.2) is 40.5 Å². The fraction of sp³-hybridized carbons (Fsp3) is 0.222. The number of rotatable bonds is 10. The minimum absolute atomic E-state index is 0.0461. The summed E-state index contributed by atoms with van der Waals surface area (Å²) in [6, 6.07) is 20.3. The van der Waals surface area contributed by atoms with E-state index in [2.05, 4.69) is 15.4 Å². The molecule has 11 heteroatoms. The van der Waals surface area contributed by atoms with E-state index in [1.807, 2.05) is 13.0 Å². The van der Waals surface area contributed by atoms with E-state index in [-0.39, 0.29) is 24.3 Å². The van der Waals surface area contributed by atoms with Crippen LogP contribution in [0.15, 0.2) is 78.9 Å². The molecule has 7 nitrogen and oxygen atoms in total. The van der Waals surface area contributed by atoms with Gasteiger partial charge in [0.25, 0.3) is 0 Å². The van der Waals surface area contributed by atoms with Gasteiger partial charge in [-0.3, -0.25) is 4.79 Å². The summed E-state index contributed by atoms with van der Waals surface area (Å²) in [5.74, 6) is -0.103. The standard InChI is InChI=1S/C27H24ClF3N4O3/c1-2-37-16-17-38-26-33-24(19-8-10-20(11-9-19)27(29,30)31)35(34-26)22-14-12-21(13-15-22)32-25(36)23(28)18-6-4-3-5-7-18/h3-15,23H,2,16-17H2,1H3,(H,32,36). The Kier molecular flexibility index (Phi) is 8.65. The lowest BCUT2D eigenvalue weighted by Crippen LogP contribution is -2.17. The summed E-state index contributed by atoms with van der Waals surface area (Å²) in [6.45, 7) is 2.92. The van der Waals surface area contributed by atoms with E-state index in [1.165, 1.54) is 16.8 Å². The summed E-state index contributed by atoms with van der Waals surface area (Å²) < 4.78 is 51.4. The van der Waals surface area contributed by atoms with Crippen LogP contribution in [0.25, 0.3) is 17.1 Å². The van der Waals surface area contributed by atoms with E-state index >= 15 is 0 Å². The molecule has 0 aliphatic heterocycles. The Hall–Kier alpha value is -3.89. The molecule has 0 fully saturated rings. The van der Waals surface area contributed by atoms with Crippen LogP contribution in [0.1, 0.15) is 23.4 Å². The molecule has 0 radical (unpaired) electrons. The van der Waals surface area contributed by atoms with Crippen molar-refractivity contribution in [2.24, 2.45) is 0 Å². The molecule has 1 amide bonds. The summed E-state index contributed by atoms with van der Waals surface area (Å²) >= 11 is 6.30. The quantitative estimate of drug-likeness (QED) is 0.188. The SMILES string of the molecule is CCOCCOc1nc(-c2ccc(C(F)(F)F)cc2)n(-c2ccc(NC(=O)C(Cl)c3ccccc3)cc2)n1. The van der Waals surface area contributed by atoms with E-state index in [4.69, 9.17) is 21.1 Å². The van der Waals surface area contributed by atoms with Gasteiger partial charge in [0, 0.05) is 17.9 Å². The molecule has 0 saturated heterocycles. The highest BCUT2D eigenvalue weighted by molar-refractivity contribution is 6.32. The third kappa shape index (κ3) is 6.70. The Balaban J connectivity index is 1.57. The second-order valence-corrected chi connectivity index (χ2v) is 8.50. The van der Waals surface area contributed by atoms with E-state index < -0.39 is 17.1 Å². The lowest BCUT2D eigenvalue weighted by Gasteiger charge is -2.12. The predicted octanol–water partition coefficient (Wildman–Crippen LogP) is 6.29. The van der Waals surface area contributed by atoms with Crippen LogP contribution in [0.2, 0.25) is 0 Å². The molecule has 0 aliphatic rings. The van der Waals surface area contributed by atoms with Gasteiger partial charge in [-0.2, -0.15) is 18.2 Å². The van der Waals surface area contributed by atoms with Crippen LogP contribution >= 0.6 is 11.6 Å².